The lowest BCUT2D eigenvalue weighted by Crippen LogP contribution is -2.32. The van der Waals surface area contributed by atoms with Gasteiger partial charge in [0.25, 0.3) is 0 Å². The predicted octanol–water partition coefficient (Wildman–Crippen LogP) is 4.28. The van der Waals surface area contributed by atoms with E-state index >= 15 is 0 Å². The summed E-state index contributed by atoms with van der Waals surface area (Å²) in [6.07, 6.45) is 12.5. The third-order valence-corrected chi connectivity index (χ3v) is 4.52. The van der Waals surface area contributed by atoms with Gasteiger partial charge in [-0.25, -0.2) is 0 Å². The molecule has 1 fully saturated rings. The monoisotopic (exact) mass is 304 g/mol. The van der Waals surface area contributed by atoms with Crippen LogP contribution in [-0.2, 0) is 9.53 Å². The fourth-order valence-corrected chi connectivity index (χ4v) is 3.19. The van der Waals surface area contributed by atoms with Gasteiger partial charge in [-0.1, -0.05) is 38.5 Å². The van der Waals surface area contributed by atoms with E-state index in [4.69, 9.17) is 4.74 Å². The van der Waals surface area contributed by atoms with Crippen molar-refractivity contribution in [3.63, 3.8) is 0 Å². The molecule has 0 aromatic carbocycles. The number of allylic oxidation sites excluding steroid dienone is 1. The molecule has 0 spiro atoms. The largest absolute Gasteiger partial charge is 0.478 e. The van der Waals surface area contributed by atoms with Gasteiger partial charge in [-0.3, -0.25) is 9.69 Å². The van der Waals surface area contributed by atoms with Gasteiger partial charge in [-0.2, -0.15) is 5.26 Å². The Hall–Kier alpha value is -1.50. The van der Waals surface area contributed by atoms with E-state index in [0.29, 0.717) is 31.0 Å². The quantitative estimate of drug-likeness (QED) is 0.671. The Morgan fingerprint density at radius 3 is 2.18 bits per heavy atom. The molecule has 0 N–H and O–H groups in total. The average molecular weight is 304 g/mol. The number of carbonyl (C=O) groups is 1. The first kappa shape index (κ1) is 16.9. The lowest BCUT2D eigenvalue weighted by atomic mass is 10.0. The highest BCUT2D eigenvalue weighted by atomic mass is 16.5. The number of nitrogens with zero attached hydrogens (tertiary/aromatic N) is 2. The maximum absolute atomic E-state index is 12.5. The summed E-state index contributed by atoms with van der Waals surface area (Å²) < 4.78 is 5.80. The SMILES string of the molecule is N#C/C1=C2/OCCCCN2C(=O)CCCCCCCCCC1. The fraction of sp³-hybridized carbons (Fsp3) is 0.778. The Morgan fingerprint density at radius 2 is 1.50 bits per heavy atom. The molecule has 0 radical (unpaired) electrons. The average Bonchev–Trinajstić information content (AvgIpc) is 2.78. The minimum Gasteiger partial charge on any atom is -0.478 e. The van der Waals surface area contributed by atoms with Gasteiger partial charge in [0.15, 0.2) is 0 Å². The Balaban J connectivity index is 2.17. The second-order valence-corrected chi connectivity index (χ2v) is 6.32. The normalized spacial score (nSPS) is 26.1. The van der Waals surface area contributed by atoms with E-state index in [2.05, 4.69) is 6.07 Å². The lowest BCUT2D eigenvalue weighted by Gasteiger charge is -2.24. The number of hydrogen-bond donors (Lipinski definition) is 0. The Kier molecular flexibility index (Phi) is 7.28. The first-order valence-corrected chi connectivity index (χ1v) is 8.89. The van der Waals surface area contributed by atoms with Crippen molar-refractivity contribution in [2.75, 3.05) is 13.2 Å². The van der Waals surface area contributed by atoms with Crippen LogP contribution in [0.25, 0.3) is 0 Å². The van der Waals surface area contributed by atoms with Crippen LogP contribution in [-0.4, -0.2) is 24.0 Å². The third-order valence-electron chi connectivity index (χ3n) is 4.52. The Labute approximate surface area is 134 Å². The summed E-state index contributed by atoms with van der Waals surface area (Å²) in [5, 5.41) is 9.49. The van der Waals surface area contributed by atoms with Gasteiger partial charge in [0, 0.05) is 13.0 Å². The summed E-state index contributed by atoms with van der Waals surface area (Å²) in [7, 11) is 0. The van der Waals surface area contributed by atoms with Crippen molar-refractivity contribution >= 4 is 5.91 Å². The van der Waals surface area contributed by atoms with Crippen LogP contribution in [0.4, 0.5) is 0 Å². The second-order valence-electron chi connectivity index (χ2n) is 6.32. The molecular weight excluding hydrogens is 276 g/mol. The van der Waals surface area contributed by atoms with Gasteiger partial charge in [-0.15, -0.1) is 0 Å². The van der Waals surface area contributed by atoms with Gasteiger partial charge in [0.2, 0.25) is 11.8 Å². The van der Waals surface area contributed by atoms with Crippen LogP contribution in [0.3, 0.4) is 0 Å². The summed E-state index contributed by atoms with van der Waals surface area (Å²) in [5.74, 6) is 0.684. The molecule has 122 valence electrons. The molecule has 2 aliphatic heterocycles. The number of ether oxygens (including phenoxy) is 1. The molecule has 2 rings (SSSR count). The molecule has 0 atom stereocenters. The van der Waals surface area contributed by atoms with E-state index < -0.39 is 0 Å². The number of carbonyl (C=O) groups excluding carboxylic acids is 1. The molecule has 4 heteroatoms. The molecule has 2 aliphatic rings. The van der Waals surface area contributed by atoms with Crippen molar-refractivity contribution in [3.05, 3.63) is 11.5 Å². The zero-order valence-corrected chi connectivity index (χ0v) is 13.6. The summed E-state index contributed by atoms with van der Waals surface area (Å²) in [6.45, 7) is 1.31. The highest BCUT2D eigenvalue weighted by molar-refractivity contribution is 5.78. The summed E-state index contributed by atoms with van der Waals surface area (Å²) in [6, 6.07) is 2.29. The third kappa shape index (κ3) is 5.05. The molecule has 2 heterocycles. The van der Waals surface area contributed by atoms with Crippen LogP contribution in [0.1, 0.15) is 77.0 Å². The maximum atomic E-state index is 12.5. The van der Waals surface area contributed by atoms with Gasteiger partial charge in [-0.05, 0) is 32.1 Å². The van der Waals surface area contributed by atoms with Crippen LogP contribution in [0.5, 0.6) is 0 Å². The van der Waals surface area contributed by atoms with Crippen molar-refractivity contribution in [2.45, 2.75) is 77.0 Å². The van der Waals surface area contributed by atoms with Crippen molar-refractivity contribution < 1.29 is 9.53 Å². The number of rotatable bonds is 0. The van der Waals surface area contributed by atoms with Gasteiger partial charge in [0.05, 0.1) is 12.2 Å². The van der Waals surface area contributed by atoms with E-state index in [1.807, 2.05) is 0 Å². The molecule has 1 saturated heterocycles. The zero-order chi connectivity index (χ0) is 15.6. The van der Waals surface area contributed by atoms with E-state index in [-0.39, 0.29) is 5.91 Å². The first-order valence-electron chi connectivity index (χ1n) is 8.89. The second kappa shape index (κ2) is 9.50. The smallest absolute Gasteiger partial charge is 0.229 e. The van der Waals surface area contributed by atoms with Crippen LogP contribution < -0.4 is 0 Å². The predicted molar refractivity (Wildman–Crippen MR) is 85.7 cm³/mol. The minimum absolute atomic E-state index is 0.127. The molecule has 0 bridgehead atoms. The fourth-order valence-electron chi connectivity index (χ4n) is 3.19. The molecular formula is C18H28N2O2. The van der Waals surface area contributed by atoms with Crippen LogP contribution in [0.15, 0.2) is 11.5 Å². The Morgan fingerprint density at radius 1 is 0.864 bits per heavy atom. The van der Waals surface area contributed by atoms with Crippen LogP contribution in [0.2, 0.25) is 0 Å². The minimum atomic E-state index is 0.127. The number of hydrogen-bond acceptors (Lipinski definition) is 3. The van der Waals surface area contributed by atoms with Crippen molar-refractivity contribution in [1.29, 1.82) is 5.26 Å². The standard InChI is InChI=1S/C18H28N2O2/c19-15-16-11-7-5-3-1-2-4-6-8-12-17(21)20-13-9-10-14-22-18(16)20/h1-14H2/b18-16+. The molecule has 0 aromatic rings. The molecule has 1 amide bonds. The lowest BCUT2D eigenvalue weighted by molar-refractivity contribution is -0.131. The number of nitriles is 1. The van der Waals surface area contributed by atoms with Gasteiger partial charge in [0.1, 0.15) is 6.07 Å². The summed E-state index contributed by atoms with van der Waals surface area (Å²) in [4.78, 5) is 14.3. The number of fused-ring (bicyclic) bond motifs is 1. The summed E-state index contributed by atoms with van der Waals surface area (Å²) in [5.41, 5.74) is 0.660. The van der Waals surface area contributed by atoms with E-state index in [0.717, 1.165) is 44.9 Å². The van der Waals surface area contributed by atoms with Crippen LogP contribution in [0, 0.1) is 11.3 Å². The maximum Gasteiger partial charge on any atom is 0.229 e. The van der Waals surface area contributed by atoms with Crippen molar-refractivity contribution in [3.8, 4) is 6.07 Å². The molecule has 0 aliphatic carbocycles. The first-order chi connectivity index (χ1) is 10.8. The van der Waals surface area contributed by atoms with Gasteiger partial charge < -0.3 is 4.74 Å². The van der Waals surface area contributed by atoms with E-state index in [1.54, 1.807) is 4.90 Å². The van der Waals surface area contributed by atoms with E-state index in [1.165, 1.54) is 25.7 Å². The highest BCUT2D eigenvalue weighted by Crippen LogP contribution is 2.24. The molecule has 4 nitrogen and oxygen atoms in total. The van der Waals surface area contributed by atoms with Crippen molar-refractivity contribution in [1.82, 2.24) is 4.90 Å². The van der Waals surface area contributed by atoms with Crippen LogP contribution >= 0.6 is 0 Å². The molecule has 0 saturated carbocycles. The molecule has 0 aromatic heterocycles. The zero-order valence-electron chi connectivity index (χ0n) is 13.6. The Bertz CT molecular complexity index is 437. The van der Waals surface area contributed by atoms with Gasteiger partial charge >= 0.3 is 0 Å². The summed E-state index contributed by atoms with van der Waals surface area (Å²) >= 11 is 0. The molecule has 22 heavy (non-hydrogen) atoms. The topological polar surface area (TPSA) is 53.3 Å². The van der Waals surface area contributed by atoms with Crippen molar-refractivity contribution in [2.24, 2.45) is 0 Å². The number of amides is 1. The van der Waals surface area contributed by atoms with E-state index in [9.17, 15) is 10.1 Å². The highest BCUT2D eigenvalue weighted by Gasteiger charge is 2.24. The molecule has 0 unspecified atom stereocenters.